The number of nitrogens with zero attached hydrogens (tertiary/aromatic N) is 2. The lowest BCUT2D eigenvalue weighted by Crippen LogP contribution is -3.00. The average Bonchev–Trinajstić information content (AvgIpc) is 2.47. The van der Waals surface area contributed by atoms with Crippen molar-refractivity contribution in [1.82, 2.24) is 0 Å². The molecule has 0 saturated heterocycles. The third-order valence-corrected chi connectivity index (χ3v) is 3.22. The summed E-state index contributed by atoms with van der Waals surface area (Å²) in [4.78, 5) is 12.2. The Morgan fingerprint density at radius 2 is 1.90 bits per heavy atom. The molecule has 1 heterocycles. The number of carbonyl (C=O) groups is 1. The van der Waals surface area contributed by atoms with Gasteiger partial charge in [0.15, 0.2) is 12.4 Å². The number of benzene rings is 1. The van der Waals surface area contributed by atoms with Crippen molar-refractivity contribution in [3.8, 4) is 6.07 Å². The lowest BCUT2D eigenvalue weighted by molar-refractivity contribution is -0.683. The lowest BCUT2D eigenvalue weighted by Gasteiger charge is -2.03. The lowest BCUT2D eigenvalue weighted by atomic mass is 10.1. The molecule has 0 spiro atoms. The van der Waals surface area contributed by atoms with Crippen molar-refractivity contribution in [2.45, 2.75) is 26.3 Å². The summed E-state index contributed by atoms with van der Waals surface area (Å²) in [6, 6.07) is 12.9. The van der Waals surface area contributed by atoms with E-state index in [1.807, 2.05) is 35.2 Å². The van der Waals surface area contributed by atoms with Crippen LogP contribution in [0.3, 0.4) is 0 Å². The molecular formula is C17H17BrN2O. The van der Waals surface area contributed by atoms with Crippen LogP contribution in [0, 0.1) is 11.3 Å². The van der Waals surface area contributed by atoms with Crippen LogP contribution in [0.15, 0.2) is 48.8 Å². The standard InChI is InChI=1S/C17H17N2O.BrH/c1-13(2)15-6-8-19(9-7-15)12-17(20)16-5-3-4-14(10-16)11-18;/h3-10,13H,12H2,1-2H3;1H/q+1;/p-1. The van der Waals surface area contributed by atoms with Crippen molar-refractivity contribution >= 4 is 5.78 Å². The minimum atomic E-state index is 0. The van der Waals surface area contributed by atoms with Gasteiger partial charge < -0.3 is 17.0 Å². The van der Waals surface area contributed by atoms with Gasteiger partial charge in [-0.1, -0.05) is 26.0 Å². The molecule has 1 aromatic carbocycles. The summed E-state index contributed by atoms with van der Waals surface area (Å²) in [5.74, 6) is 0.483. The van der Waals surface area contributed by atoms with Crippen molar-refractivity contribution in [2.75, 3.05) is 0 Å². The first-order valence-electron chi connectivity index (χ1n) is 6.62. The minimum absolute atomic E-state index is 0. The molecule has 0 aliphatic heterocycles. The molecule has 0 aliphatic rings. The first-order chi connectivity index (χ1) is 9.60. The number of carbonyl (C=O) groups excluding carboxylic acids is 1. The van der Waals surface area contributed by atoms with Crippen LogP contribution in [0.25, 0.3) is 0 Å². The maximum Gasteiger partial charge on any atom is 0.227 e. The van der Waals surface area contributed by atoms with E-state index >= 15 is 0 Å². The van der Waals surface area contributed by atoms with Crippen LogP contribution in [-0.4, -0.2) is 5.78 Å². The molecule has 0 unspecified atom stereocenters. The Labute approximate surface area is 135 Å². The van der Waals surface area contributed by atoms with Crippen LogP contribution < -0.4 is 21.5 Å². The van der Waals surface area contributed by atoms with Gasteiger partial charge in [0.05, 0.1) is 11.6 Å². The number of aromatic nitrogens is 1. The van der Waals surface area contributed by atoms with Gasteiger partial charge in [-0.2, -0.15) is 9.83 Å². The fourth-order valence-electron chi connectivity index (χ4n) is 1.98. The molecule has 0 fully saturated rings. The van der Waals surface area contributed by atoms with Crippen molar-refractivity contribution in [3.63, 3.8) is 0 Å². The van der Waals surface area contributed by atoms with Gasteiger partial charge in [0.25, 0.3) is 0 Å². The third-order valence-electron chi connectivity index (χ3n) is 3.22. The van der Waals surface area contributed by atoms with Crippen LogP contribution in [-0.2, 0) is 6.54 Å². The summed E-state index contributed by atoms with van der Waals surface area (Å²) in [6.07, 6.45) is 3.84. The van der Waals surface area contributed by atoms with Crippen LogP contribution in [0.1, 0.15) is 41.3 Å². The molecule has 0 radical (unpaired) electrons. The fraction of sp³-hybridized carbons (Fsp3) is 0.235. The second kappa shape index (κ2) is 7.70. The van der Waals surface area contributed by atoms with Crippen LogP contribution >= 0.6 is 0 Å². The molecule has 2 aromatic rings. The number of pyridine rings is 1. The summed E-state index contributed by atoms with van der Waals surface area (Å²) >= 11 is 0. The average molecular weight is 345 g/mol. The van der Waals surface area contributed by atoms with Gasteiger partial charge in [0.1, 0.15) is 0 Å². The Bertz CT molecular complexity index is 657. The van der Waals surface area contributed by atoms with E-state index < -0.39 is 0 Å². The molecular weight excluding hydrogens is 328 g/mol. The molecule has 1 aromatic heterocycles. The van der Waals surface area contributed by atoms with Crippen molar-refractivity contribution < 1.29 is 26.3 Å². The van der Waals surface area contributed by atoms with Gasteiger partial charge in [0.2, 0.25) is 12.3 Å². The summed E-state index contributed by atoms with van der Waals surface area (Å²) < 4.78 is 1.85. The normalized spacial score (nSPS) is 9.81. The molecule has 0 aliphatic carbocycles. The highest BCUT2D eigenvalue weighted by atomic mass is 79.9. The van der Waals surface area contributed by atoms with Crippen molar-refractivity contribution in [2.24, 2.45) is 0 Å². The van der Waals surface area contributed by atoms with Gasteiger partial charge in [0, 0.05) is 17.7 Å². The third kappa shape index (κ3) is 4.51. The van der Waals surface area contributed by atoms with E-state index in [0.717, 1.165) is 0 Å². The molecule has 3 nitrogen and oxygen atoms in total. The van der Waals surface area contributed by atoms with Gasteiger partial charge >= 0.3 is 0 Å². The van der Waals surface area contributed by atoms with E-state index in [1.54, 1.807) is 24.3 Å². The topological polar surface area (TPSA) is 44.7 Å². The first-order valence-corrected chi connectivity index (χ1v) is 6.62. The Morgan fingerprint density at radius 1 is 1.24 bits per heavy atom. The summed E-state index contributed by atoms with van der Waals surface area (Å²) in [5.41, 5.74) is 2.33. The smallest absolute Gasteiger partial charge is 0.227 e. The molecule has 0 saturated carbocycles. The highest BCUT2D eigenvalue weighted by Gasteiger charge is 2.12. The maximum absolute atomic E-state index is 12.2. The van der Waals surface area contributed by atoms with E-state index in [1.165, 1.54) is 5.56 Å². The molecule has 108 valence electrons. The van der Waals surface area contributed by atoms with Crippen LogP contribution in [0.4, 0.5) is 0 Å². The zero-order valence-corrected chi connectivity index (χ0v) is 13.7. The Kier molecular flexibility index (Phi) is 6.26. The second-order valence-electron chi connectivity index (χ2n) is 5.07. The summed E-state index contributed by atoms with van der Waals surface area (Å²) in [7, 11) is 0. The Balaban J connectivity index is 0.00000220. The predicted octanol–water partition coefficient (Wildman–Crippen LogP) is -0.144. The molecule has 4 heteroatoms. The Morgan fingerprint density at radius 3 is 2.48 bits per heavy atom. The zero-order chi connectivity index (χ0) is 14.5. The van der Waals surface area contributed by atoms with E-state index in [9.17, 15) is 4.79 Å². The SMILES string of the molecule is CC(C)c1cc[n+](CC(=O)c2cccc(C#N)c2)cc1.[Br-]. The van der Waals surface area contributed by atoms with Gasteiger partial charge in [-0.05, 0) is 23.6 Å². The summed E-state index contributed by atoms with van der Waals surface area (Å²) in [6.45, 7) is 4.56. The van der Waals surface area contributed by atoms with E-state index in [4.69, 9.17) is 5.26 Å². The number of hydrogen-bond donors (Lipinski definition) is 0. The van der Waals surface area contributed by atoms with E-state index in [0.29, 0.717) is 17.0 Å². The first kappa shape index (κ1) is 17.1. The quantitative estimate of drug-likeness (QED) is 0.572. The monoisotopic (exact) mass is 344 g/mol. The number of nitriles is 1. The summed E-state index contributed by atoms with van der Waals surface area (Å²) in [5, 5.41) is 8.85. The zero-order valence-electron chi connectivity index (χ0n) is 12.1. The van der Waals surface area contributed by atoms with Crippen LogP contribution in [0.2, 0.25) is 0 Å². The predicted molar refractivity (Wildman–Crippen MR) is 76.2 cm³/mol. The minimum Gasteiger partial charge on any atom is -1.00 e. The van der Waals surface area contributed by atoms with Crippen LogP contribution in [0.5, 0.6) is 0 Å². The Hall–Kier alpha value is -1.99. The number of rotatable bonds is 4. The number of ketones is 1. The molecule has 0 bridgehead atoms. The fourth-order valence-corrected chi connectivity index (χ4v) is 1.98. The van der Waals surface area contributed by atoms with Gasteiger partial charge in [-0.3, -0.25) is 4.79 Å². The van der Waals surface area contributed by atoms with Gasteiger partial charge in [-0.15, -0.1) is 0 Å². The highest BCUT2D eigenvalue weighted by molar-refractivity contribution is 5.95. The van der Waals surface area contributed by atoms with Crippen molar-refractivity contribution in [3.05, 3.63) is 65.5 Å². The van der Waals surface area contributed by atoms with E-state index in [2.05, 4.69) is 13.8 Å². The molecule has 0 atom stereocenters. The number of halogens is 1. The highest BCUT2D eigenvalue weighted by Crippen LogP contribution is 2.11. The molecule has 21 heavy (non-hydrogen) atoms. The van der Waals surface area contributed by atoms with E-state index in [-0.39, 0.29) is 29.3 Å². The molecule has 2 rings (SSSR count). The second-order valence-corrected chi connectivity index (χ2v) is 5.07. The van der Waals surface area contributed by atoms with Crippen molar-refractivity contribution in [1.29, 1.82) is 5.26 Å². The maximum atomic E-state index is 12.2. The number of Topliss-reactive ketones (excluding diaryl/α,β-unsaturated/α-hetero) is 1. The molecule has 0 N–H and O–H groups in total. The molecule has 0 amide bonds. The number of hydrogen-bond acceptors (Lipinski definition) is 2. The largest absolute Gasteiger partial charge is 1.00 e. The van der Waals surface area contributed by atoms with Gasteiger partial charge in [-0.25, -0.2) is 0 Å².